The Kier molecular flexibility index (Phi) is 7.56. The maximum absolute atomic E-state index is 12.4. The van der Waals surface area contributed by atoms with Gasteiger partial charge in [-0.05, 0) is 62.3 Å². The summed E-state index contributed by atoms with van der Waals surface area (Å²) in [7, 11) is 0. The van der Waals surface area contributed by atoms with Crippen molar-refractivity contribution in [3.8, 4) is 11.4 Å². The molecule has 4 rings (SSSR count). The largest absolute Gasteiger partial charge is 0.325 e. The van der Waals surface area contributed by atoms with Gasteiger partial charge in [0, 0.05) is 41.8 Å². The molecule has 1 amide bonds. The van der Waals surface area contributed by atoms with Crippen LogP contribution in [-0.2, 0) is 11.3 Å². The fourth-order valence-electron chi connectivity index (χ4n) is 3.59. The van der Waals surface area contributed by atoms with Crippen LogP contribution in [0.1, 0.15) is 19.3 Å². The Hall–Kier alpha value is -2.42. The third-order valence-corrected chi connectivity index (χ3v) is 6.40. The van der Waals surface area contributed by atoms with E-state index in [4.69, 9.17) is 11.6 Å². The second kappa shape index (κ2) is 10.7. The first-order valence-electron chi connectivity index (χ1n) is 10.4. The predicted molar refractivity (Wildman–Crippen MR) is 124 cm³/mol. The number of aromatic nitrogens is 4. The second-order valence-electron chi connectivity index (χ2n) is 7.45. The highest BCUT2D eigenvalue weighted by Crippen LogP contribution is 2.24. The van der Waals surface area contributed by atoms with Crippen LogP contribution in [0.2, 0.25) is 5.02 Å². The zero-order valence-corrected chi connectivity index (χ0v) is 18.8. The number of piperidine rings is 1. The number of hydrogen-bond acceptors (Lipinski definition) is 6. The number of halogens is 1. The summed E-state index contributed by atoms with van der Waals surface area (Å²) < 4.78 is 2.10. The van der Waals surface area contributed by atoms with Crippen molar-refractivity contribution in [2.24, 2.45) is 0 Å². The summed E-state index contributed by atoms with van der Waals surface area (Å²) >= 11 is 7.29. The highest BCUT2D eigenvalue weighted by molar-refractivity contribution is 7.99. The zero-order chi connectivity index (χ0) is 21.5. The van der Waals surface area contributed by atoms with E-state index in [1.54, 1.807) is 36.7 Å². The predicted octanol–water partition coefficient (Wildman–Crippen LogP) is 4.21. The SMILES string of the molecule is O=C(CSc1nnc(-c2cccnc2)n1CCN1CCCCC1)Nc1ccc(Cl)cc1. The van der Waals surface area contributed by atoms with Crippen LogP contribution in [0.4, 0.5) is 5.69 Å². The molecule has 31 heavy (non-hydrogen) atoms. The molecule has 1 fully saturated rings. The molecule has 0 radical (unpaired) electrons. The molecular formula is C22H25ClN6OS. The van der Waals surface area contributed by atoms with Gasteiger partial charge in [0.25, 0.3) is 0 Å². The van der Waals surface area contributed by atoms with Gasteiger partial charge in [-0.2, -0.15) is 0 Å². The smallest absolute Gasteiger partial charge is 0.234 e. The Bertz CT molecular complexity index is 989. The Morgan fingerprint density at radius 3 is 2.61 bits per heavy atom. The van der Waals surface area contributed by atoms with Gasteiger partial charge in [-0.15, -0.1) is 10.2 Å². The molecule has 1 N–H and O–H groups in total. The summed E-state index contributed by atoms with van der Waals surface area (Å²) in [6, 6.07) is 10.9. The fourth-order valence-corrected chi connectivity index (χ4v) is 4.48. The van der Waals surface area contributed by atoms with Gasteiger partial charge in [0.05, 0.1) is 5.75 Å². The summed E-state index contributed by atoms with van der Waals surface area (Å²) in [6.45, 7) is 3.99. The van der Waals surface area contributed by atoms with Crippen LogP contribution in [0.15, 0.2) is 53.9 Å². The van der Waals surface area contributed by atoms with Crippen LogP contribution < -0.4 is 5.32 Å². The first kappa shape index (κ1) is 21.8. The number of carbonyl (C=O) groups excluding carboxylic acids is 1. The summed E-state index contributed by atoms with van der Waals surface area (Å²) in [6.07, 6.45) is 7.36. The van der Waals surface area contributed by atoms with Gasteiger partial charge >= 0.3 is 0 Å². The van der Waals surface area contributed by atoms with E-state index in [0.29, 0.717) is 5.02 Å². The number of nitrogens with zero attached hydrogens (tertiary/aromatic N) is 5. The van der Waals surface area contributed by atoms with Crippen LogP contribution >= 0.6 is 23.4 Å². The van der Waals surface area contributed by atoms with Gasteiger partial charge in [-0.25, -0.2) is 0 Å². The van der Waals surface area contributed by atoms with E-state index < -0.39 is 0 Å². The minimum Gasteiger partial charge on any atom is -0.325 e. The molecule has 0 bridgehead atoms. The molecule has 3 heterocycles. The summed E-state index contributed by atoms with van der Waals surface area (Å²) in [5.41, 5.74) is 1.64. The van der Waals surface area contributed by atoms with Crippen LogP contribution in [0, 0.1) is 0 Å². The van der Waals surface area contributed by atoms with Gasteiger partial charge < -0.3 is 14.8 Å². The van der Waals surface area contributed by atoms with Gasteiger partial charge in [-0.3, -0.25) is 9.78 Å². The number of benzene rings is 1. The lowest BCUT2D eigenvalue weighted by molar-refractivity contribution is -0.113. The number of carbonyl (C=O) groups is 1. The van der Waals surface area contributed by atoms with Crippen molar-refractivity contribution < 1.29 is 4.79 Å². The molecular weight excluding hydrogens is 432 g/mol. The number of hydrogen-bond donors (Lipinski definition) is 1. The van der Waals surface area contributed by atoms with Gasteiger partial charge in [0.1, 0.15) is 0 Å². The third kappa shape index (κ3) is 6.06. The normalized spacial score (nSPS) is 14.5. The molecule has 9 heteroatoms. The zero-order valence-electron chi connectivity index (χ0n) is 17.2. The average molecular weight is 457 g/mol. The number of pyridine rings is 1. The van der Waals surface area contributed by atoms with E-state index in [0.717, 1.165) is 48.4 Å². The topological polar surface area (TPSA) is 75.9 Å². The molecule has 0 saturated carbocycles. The van der Waals surface area contributed by atoms with E-state index in [-0.39, 0.29) is 11.7 Å². The van der Waals surface area contributed by atoms with Crippen molar-refractivity contribution in [3.05, 3.63) is 53.8 Å². The maximum atomic E-state index is 12.4. The van der Waals surface area contributed by atoms with Gasteiger partial charge in [0.2, 0.25) is 5.91 Å². The Morgan fingerprint density at radius 1 is 1.06 bits per heavy atom. The van der Waals surface area contributed by atoms with Crippen molar-refractivity contribution in [2.75, 3.05) is 30.7 Å². The number of nitrogens with one attached hydrogen (secondary N) is 1. The van der Waals surface area contributed by atoms with Crippen molar-refractivity contribution in [3.63, 3.8) is 0 Å². The van der Waals surface area contributed by atoms with E-state index in [1.165, 1.54) is 31.0 Å². The molecule has 0 unspecified atom stereocenters. The van der Waals surface area contributed by atoms with Gasteiger partial charge in [-0.1, -0.05) is 29.8 Å². The number of amides is 1. The molecule has 0 aliphatic carbocycles. The Morgan fingerprint density at radius 2 is 1.87 bits per heavy atom. The minimum atomic E-state index is -0.0965. The van der Waals surface area contributed by atoms with Crippen LogP contribution in [0.5, 0.6) is 0 Å². The molecule has 3 aromatic rings. The highest BCUT2D eigenvalue weighted by Gasteiger charge is 2.18. The molecule has 7 nitrogen and oxygen atoms in total. The molecule has 1 aliphatic heterocycles. The molecule has 2 aromatic heterocycles. The molecule has 0 spiro atoms. The molecule has 162 valence electrons. The lowest BCUT2D eigenvalue weighted by atomic mass is 10.1. The first-order valence-corrected chi connectivity index (χ1v) is 11.8. The second-order valence-corrected chi connectivity index (χ2v) is 8.82. The number of thioether (sulfide) groups is 1. The van der Waals surface area contributed by atoms with Crippen molar-refractivity contribution in [2.45, 2.75) is 31.0 Å². The molecule has 0 atom stereocenters. The maximum Gasteiger partial charge on any atom is 0.234 e. The third-order valence-electron chi connectivity index (χ3n) is 5.19. The number of likely N-dealkylation sites (tertiary alicyclic amines) is 1. The van der Waals surface area contributed by atoms with Crippen LogP contribution in [-0.4, -0.2) is 55.9 Å². The fraction of sp³-hybridized carbons (Fsp3) is 0.364. The summed E-state index contributed by atoms with van der Waals surface area (Å²) in [5, 5.41) is 13.0. The van der Waals surface area contributed by atoms with Crippen LogP contribution in [0.3, 0.4) is 0 Å². The van der Waals surface area contributed by atoms with E-state index >= 15 is 0 Å². The number of anilines is 1. The monoisotopic (exact) mass is 456 g/mol. The van der Waals surface area contributed by atoms with Crippen molar-refractivity contribution >= 4 is 35.0 Å². The Balaban J connectivity index is 1.44. The summed E-state index contributed by atoms with van der Waals surface area (Å²) in [5.74, 6) is 0.934. The minimum absolute atomic E-state index is 0.0965. The Labute approximate surface area is 191 Å². The van der Waals surface area contributed by atoms with Crippen molar-refractivity contribution in [1.82, 2.24) is 24.6 Å². The lowest BCUT2D eigenvalue weighted by Crippen LogP contribution is -2.32. The average Bonchev–Trinajstić information content (AvgIpc) is 3.22. The molecule has 1 saturated heterocycles. The summed E-state index contributed by atoms with van der Waals surface area (Å²) in [4.78, 5) is 19.1. The van der Waals surface area contributed by atoms with E-state index in [9.17, 15) is 4.79 Å². The first-order chi connectivity index (χ1) is 15.2. The van der Waals surface area contributed by atoms with Crippen LogP contribution in [0.25, 0.3) is 11.4 Å². The van der Waals surface area contributed by atoms with Gasteiger partial charge in [0.15, 0.2) is 11.0 Å². The van der Waals surface area contributed by atoms with E-state index in [1.807, 2.05) is 12.1 Å². The number of rotatable bonds is 8. The quantitative estimate of drug-likeness (QED) is 0.512. The van der Waals surface area contributed by atoms with Crippen molar-refractivity contribution in [1.29, 1.82) is 0 Å². The highest BCUT2D eigenvalue weighted by atomic mass is 35.5. The van der Waals surface area contributed by atoms with E-state index in [2.05, 4.69) is 30.0 Å². The standard InChI is InChI=1S/C22H25ClN6OS/c23-18-6-8-19(9-7-18)25-20(30)16-31-22-27-26-21(17-5-4-10-24-15-17)29(22)14-13-28-11-2-1-3-12-28/h4-10,15H,1-3,11-14,16H2,(H,25,30). The molecule has 1 aromatic carbocycles. The molecule has 1 aliphatic rings. The lowest BCUT2D eigenvalue weighted by Gasteiger charge is -2.26.